The first kappa shape index (κ1) is 7.40. The molecular formula is C9H12N2O. The van der Waals surface area contributed by atoms with Crippen LogP contribution in [0.1, 0.15) is 40.5 Å². The molecule has 1 saturated carbocycles. The first-order valence-corrected chi connectivity index (χ1v) is 4.18. The Labute approximate surface area is 71.0 Å². The molecule has 1 aromatic rings. The van der Waals surface area contributed by atoms with Gasteiger partial charge in [-0.2, -0.15) is 0 Å². The van der Waals surface area contributed by atoms with Gasteiger partial charge in [-0.15, -0.1) is 0 Å². The molecule has 0 aliphatic heterocycles. The minimum Gasteiger partial charge on any atom is -0.366 e. The Bertz CT molecular complexity index is 323. The average Bonchev–Trinajstić information content (AvgIpc) is 2.75. The summed E-state index contributed by atoms with van der Waals surface area (Å²) >= 11 is 0. The SMILES string of the molecule is Cc1cc(C(N)=O)c(C2CC2)[nH]1. The van der Waals surface area contributed by atoms with Crippen molar-refractivity contribution in [1.29, 1.82) is 0 Å². The molecule has 3 heteroatoms. The third kappa shape index (κ3) is 1.11. The lowest BCUT2D eigenvalue weighted by molar-refractivity contribution is 0.0999. The standard InChI is InChI=1S/C9H12N2O/c1-5-4-7(9(10)12)8(11-5)6-2-3-6/h4,6,11H,2-3H2,1H3,(H2,10,12). The number of carbonyl (C=O) groups excluding carboxylic acids is 1. The third-order valence-electron chi connectivity index (χ3n) is 2.23. The number of carbonyl (C=O) groups is 1. The number of H-pyrrole nitrogens is 1. The van der Waals surface area contributed by atoms with Gasteiger partial charge in [0.15, 0.2) is 0 Å². The number of aromatic amines is 1. The van der Waals surface area contributed by atoms with Crippen molar-refractivity contribution in [2.45, 2.75) is 25.7 Å². The van der Waals surface area contributed by atoms with Gasteiger partial charge in [-0.1, -0.05) is 0 Å². The smallest absolute Gasteiger partial charge is 0.250 e. The summed E-state index contributed by atoms with van der Waals surface area (Å²) in [5, 5.41) is 0. The minimum atomic E-state index is -0.318. The van der Waals surface area contributed by atoms with Crippen LogP contribution in [0.15, 0.2) is 6.07 Å². The van der Waals surface area contributed by atoms with E-state index in [9.17, 15) is 4.79 Å². The molecule has 1 amide bonds. The molecule has 0 saturated heterocycles. The van der Waals surface area contributed by atoms with Crippen molar-refractivity contribution < 1.29 is 4.79 Å². The zero-order chi connectivity index (χ0) is 8.72. The fourth-order valence-corrected chi connectivity index (χ4v) is 1.51. The van der Waals surface area contributed by atoms with Crippen LogP contribution in [0, 0.1) is 6.92 Å². The molecular weight excluding hydrogens is 152 g/mol. The van der Waals surface area contributed by atoms with Crippen molar-refractivity contribution >= 4 is 5.91 Å². The van der Waals surface area contributed by atoms with E-state index in [0.29, 0.717) is 11.5 Å². The van der Waals surface area contributed by atoms with E-state index in [1.54, 1.807) is 0 Å². The maximum atomic E-state index is 11.0. The summed E-state index contributed by atoms with van der Waals surface area (Å²) in [6.07, 6.45) is 2.36. The number of nitrogens with two attached hydrogens (primary N) is 1. The molecule has 0 aromatic carbocycles. The lowest BCUT2D eigenvalue weighted by Gasteiger charge is -1.95. The second-order valence-corrected chi connectivity index (χ2v) is 3.42. The molecule has 1 heterocycles. The Balaban J connectivity index is 2.43. The lowest BCUT2D eigenvalue weighted by atomic mass is 10.1. The highest BCUT2D eigenvalue weighted by molar-refractivity contribution is 5.94. The first-order chi connectivity index (χ1) is 5.68. The van der Waals surface area contributed by atoms with Crippen LogP contribution in [-0.2, 0) is 0 Å². The number of hydrogen-bond acceptors (Lipinski definition) is 1. The van der Waals surface area contributed by atoms with Gasteiger partial charge in [0.05, 0.1) is 5.56 Å². The summed E-state index contributed by atoms with van der Waals surface area (Å²) in [5.41, 5.74) is 7.97. The average molecular weight is 164 g/mol. The van der Waals surface area contributed by atoms with Gasteiger partial charge in [0, 0.05) is 11.4 Å². The highest BCUT2D eigenvalue weighted by Gasteiger charge is 2.28. The number of hydrogen-bond donors (Lipinski definition) is 2. The van der Waals surface area contributed by atoms with E-state index in [2.05, 4.69) is 4.98 Å². The van der Waals surface area contributed by atoms with Crippen molar-refractivity contribution in [2.75, 3.05) is 0 Å². The van der Waals surface area contributed by atoms with Crippen LogP contribution < -0.4 is 5.73 Å². The summed E-state index contributed by atoms with van der Waals surface area (Å²) in [7, 11) is 0. The van der Waals surface area contributed by atoms with Crippen LogP contribution >= 0.6 is 0 Å². The number of aromatic nitrogens is 1. The van der Waals surface area contributed by atoms with Crippen LogP contribution in [0.4, 0.5) is 0 Å². The Kier molecular flexibility index (Phi) is 1.46. The molecule has 1 aliphatic carbocycles. The predicted molar refractivity (Wildman–Crippen MR) is 46.0 cm³/mol. The first-order valence-electron chi connectivity index (χ1n) is 4.18. The third-order valence-corrected chi connectivity index (χ3v) is 2.23. The number of amides is 1. The van der Waals surface area contributed by atoms with Gasteiger partial charge in [-0.25, -0.2) is 0 Å². The molecule has 0 bridgehead atoms. The van der Waals surface area contributed by atoms with Gasteiger partial charge in [0.2, 0.25) is 0 Å². The Morgan fingerprint density at radius 3 is 2.83 bits per heavy atom. The number of primary amides is 1. The quantitative estimate of drug-likeness (QED) is 0.680. The molecule has 0 unspecified atom stereocenters. The van der Waals surface area contributed by atoms with E-state index in [-0.39, 0.29) is 5.91 Å². The molecule has 12 heavy (non-hydrogen) atoms. The molecule has 1 aromatic heterocycles. The van der Waals surface area contributed by atoms with E-state index in [1.165, 1.54) is 12.8 Å². The fraction of sp³-hybridized carbons (Fsp3) is 0.444. The van der Waals surface area contributed by atoms with E-state index < -0.39 is 0 Å². The van der Waals surface area contributed by atoms with E-state index in [0.717, 1.165) is 11.4 Å². The van der Waals surface area contributed by atoms with Gasteiger partial charge in [0.1, 0.15) is 0 Å². The molecule has 0 radical (unpaired) electrons. The van der Waals surface area contributed by atoms with Crippen LogP contribution in [0.3, 0.4) is 0 Å². The molecule has 3 N–H and O–H groups in total. The lowest BCUT2D eigenvalue weighted by Crippen LogP contribution is -2.11. The molecule has 64 valence electrons. The zero-order valence-corrected chi connectivity index (χ0v) is 7.05. The van der Waals surface area contributed by atoms with Gasteiger partial charge in [-0.3, -0.25) is 4.79 Å². The summed E-state index contributed by atoms with van der Waals surface area (Å²) < 4.78 is 0. The summed E-state index contributed by atoms with van der Waals surface area (Å²) in [4.78, 5) is 14.2. The van der Waals surface area contributed by atoms with E-state index in [4.69, 9.17) is 5.73 Å². The van der Waals surface area contributed by atoms with Crippen LogP contribution in [0.2, 0.25) is 0 Å². The van der Waals surface area contributed by atoms with Crippen LogP contribution in [-0.4, -0.2) is 10.9 Å². The van der Waals surface area contributed by atoms with Gasteiger partial charge in [-0.05, 0) is 31.7 Å². The zero-order valence-electron chi connectivity index (χ0n) is 7.05. The molecule has 3 nitrogen and oxygen atoms in total. The van der Waals surface area contributed by atoms with Gasteiger partial charge < -0.3 is 10.7 Å². The number of rotatable bonds is 2. The Hall–Kier alpha value is -1.25. The Morgan fingerprint density at radius 1 is 1.67 bits per heavy atom. The number of nitrogens with one attached hydrogen (secondary N) is 1. The van der Waals surface area contributed by atoms with Crippen molar-refractivity contribution in [1.82, 2.24) is 4.98 Å². The van der Waals surface area contributed by atoms with Gasteiger partial charge >= 0.3 is 0 Å². The van der Waals surface area contributed by atoms with Crippen molar-refractivity contribution in [3.05, 3.63) is 23.0 Å². The summed E-state index contributed by atoms with van der Waals surface area (Å²) in [6, 6.07) is 1.83. The second-order valence-electron chi connectivity index (χ2n) is 3.42. The minimum absolute atomic E-state index is 0.318. The highest BCUT2D eigenvalue weighted by Crippen LogP contribution is 2.41. The molecule has 0 spiro atoms. The topological polar surface area (TPSA) is 58.9 Å². The monoisotopic (exact) mass is 164 g/mol. The maximum absolute atomic E-state index is 11.0. The normalized spacial score (nSPS) is 16.4. The molecule has 0 atom stereocenters. The maximum Gasteiger partial charge on any atom is 0.250 e. The molecule has 1 aliphatic rings. The van der Waals surface area contributed by atoms with Gasteiger partial charge in [0.25, 0.3) is 5.91 Å². The van der Waals surface area contributed by atoms with Crippen LogP contribution in [0.5, 0.6) is 0 Å². The largest absolute Gasteiger partial charge is 0.366 e. The second kappa shape index (κ2) is 2.37. The fourth-order valence-electron chi connectivity index (χ4n) is 1.51. The van der Waals surface area contributed by atoms with E-state index >= 15 is 0 Å². The summed E-state index contributed by atoms with van der Waals surface area (Å²) in [6.45, 7) is 1.94. The predicted octanol–water partition coefficient (Wildman–Crippen LogP) is 1.30. The summed E-state index contributed by atoms with van der Waals surface area (Å²) in [5.74, 6) is 0.238. The number of aryl methyl sites for hydroxylation is 1. The molecule has 2 rings (SSSR count). The molecule has 1 fully saturated rings. The highest BCUT2D eigenvalue weighted by atomic mass is 16.1. The Morgan fingerprint density at radius 2 is 2.33 bits per heavy atom. The van der Waals surface area contributed by atoms with Crippen LogP contribution in [0.25, 0.3) is 0 Å². The van der Waals surface area contributed by atoms with Crippen molar-refractivity contribution in [2.24, 2.45) is 5.73 Å². The van der Waals surface area contributed by atoms with Crippen molar-refractivity contribution in [3.63, 3.8) is 0 Å². The van der Waals surface area contributed by atoms with Crippen molar-refractivity contribution in [3.8, 4) is 0 Å². The van der Waals surface area contributed by atoms with E-state index in [1.807, 2.05) is 13.0 Å².